The first-order valence-corrected chi connectivity index (χ1v) is 10.4. The molecule has 0 saturated heterocycles. The van der Waals surface area contributed by atoms with Crippen LogP contribution in [0.25, 0.3) is 0 Å². The highest BCUT2D eigenvalue weighted by atomic mass is 14.4. The maximum atomic E-state index is 4.05. The van der Waals surface area contributed by atoms with Gasteiger partial charge in [-0.05, 0) is 81.8 Å². The van der Waals surface area contributed by atoms with Gasteiger partial charge in [-0.15, -0.1) is 12.5 Å². The summed E-state index contributed by atoms with van der Waals surface area (Å²) in [6.07, 6.45) is 15.9. The van der Waals surface area contributed by atoms with Crippen LogP contribution in [0.1, 0.15) is 88.7 Å². The molecule has 0 aliphatic heterocycles. The summed E-state index contributed by atoms with van der Waals surface area (Å²) < 4.78 is 0. The third-order valence-corrected chi connectivity index (χ3v) is 6.45. The standard InChI is InChI=1S/C26H34/c1-4-7-25(20-21(2)3)24-12-10-22(11-13-24)8-9-23-14-18-26(19-15-23)16-5-6-17-26/h10-14,25H,2,5-6,8-9,15-20H2,1,3H3/t25-/m0/s1. The van der Waals surface area contributed by atoms with Crippen LogP contribution in [-0.4, -0.2) is 0 Å². The first kappa shape index (κ1) is 19.0. The SMILES string of the molecule is C=C(C)C[C@H](C#CC)c1ccc(CCC2=CCC3(CCCC3)CC2)cc1. The van der Waals surface area contributed by atoms with Crippen molar-refractivity contribution in [2.75, 3.05) is 0 Å². The number of rotatable bonds is 6. The molecule has 1 spiro atoms. The number of benzene rings is 1. The van der Waals surface area contributed by atoms with Crippen molar-refractivity contribution in [3.63, 3.8) is 0 Å². The average molecular weight is 347 g/mol. The molecule has 0 unspecified atom stereocenters. The van der Waals surface area contributed by atoms with Crippen LogP contribution in [0.5, 0.6) is 0 Å². The van der Waals surface area contributed by atoms with Gasteiger partial charge in [0.25, 0.3) is 0 Å². The minimum Gasteiger partial charge on any atom is -0.106 e. The molecule has 0 heterocycles. The molecule has 2 aliphatic carbocycles. The molecule has 0 aromatic heterocycles. The maximum absolute atomic E-state index is 4.05. The summed E-state index contributed by atoms with van der Waals surface area (Å²) >= 11 is 0. The molecule has 0 radical (unpaired) electrons. The lowest BCUT2D eigenvalue weighted by Gasteiger charge is -2.32. The van der Waals surface area contributed by atoms with E-state index in [0.29, 0.717) is 5.41 Å². The lowest BCUT2D eigenvalue weighted by Crippen LogP contribution is -2.19. The number of aryl methyl sites for hydroxylation is 1. The molecular weight excluding hydrogens is 312 g/mol. The Hall–Kier alpha value is -1.74. The Balaban J connectivity index is 1.55. The highest BCUT2D eigenvalue weighted by Gasteiger charge is 2.34. The molecule has 0 heteroatoms. The third kappa shape index (κ3) is 4.91. The van der Waals surface area contributed by atoms with Gasteiger partial charge < -0.3 is 0 Å². The van der Waals surface area contributed by atoms with Gasteiger partial charge >= 0.3 is 0 Å². The van der Waals surface area contributed by atoms with Crippen molar-refractivity contribution in [2.24, 2.45) is 5.41 Å². The van der Waals surface area contributed by atoms with Gasteiger partial charge in [0.2, 0.25) is 0 Å². The topological polar surface area (TPSA) is 0 Å². The molecule has 3 rings (SSSR count). The van der Waals surface area contributed by atoms with Gasteiger partial charge in [-0.2, -0.15) is 0 Å². The van der Waals surface area contributed by atoms with E-state index < -0.39 is 0 Å². The zero-order valence-electron chi connectivity index (χ0n) is 16.7. The summed E-state index contributed by atoms with van der Waals surface area (Å²) in [6, 6.07) is 9.16. The Bertz CT molecular complexity index is 699. The quantitative estimate of drug-likeness (QED) is 0.373. The second-order valence-electron chi connectivity index (χ2n) is 8.62. The Labute approximate surface area is 160 Å². The molecule has 0 N–H and O–H groups in total. The Kier molecular flexibility index (Phi) is 6.42. The van der Waals surface area contributed by atoms with Crippen molar-refractivity contribution in [1.29, 1.82) is 0 Å². The second kappa shape index (κ2) is 8.77. The summed E-state index contributed by atoms with van der Waals surface area (Å²) in [7, 11) is 0. The molecule has 26 heavy (non-hydrogen) atoms. The zero-order valence-corrected chi connectivity index (χ0v) is 16.7. The molecule has 2 aliphatic rings. The van der Waals surface area contributed by atoms with E-state index in [9.17, 15) is 0 Å². The first-order valence-electron chi connectivity index (χ1n) is 10.4. The lowest BCUT2D eigenvalue weighted by molar-refractivity contribution is 0.261. The molecule has 1 atom stereocenters. The molecule has 1 aromatic rings. The van der Waals surface area contributed by atoms with Crippen molar-refractivity contribution in [1.82, 2.24) is 0 Å². The van der Waals surface area contributed by atoms with Gasteiger partial charge in [0.1, 0.15) is 0 Å². The fourth-order valence-electron chi connectivity index (χ4n) is 4.79. The normalized spacial score (nSPS) is 19.5. The van der Waals surface area contributed by atoms with Crippen LogP contribution < -0.4 is 0 Å². The van der Waals surface area contributed by atoms with Crippen LogP contribution in [0.2, 0.25) is 0 Å². The minimum absolute atomic E-state index is 0.287. The monoisotopic (exact) mass is 346 g/mol. The van der Waals surface area contributed by atoms with Crippen molar-refractivity contribution in [3.8, 4) is 11.8 Å². The number of hydrogen-bond donors (Lipinski definition) is 0. The molecule has 0 amide bonds. The van der Waals surface area contributed by atoms with Gasteiger partial charge in [-0.3, -0.25) is 0 Å². The predicted octanol–water partition coefficient (Wildman–Crippen LogP) is 7.36. The zero-order chi connectivity index (χ0) is 18.4. The van der Waals surface area contributed by atoms with Crippen LogP contribution in [0.4, 0.5) is 0 Å². The van der Waals surface area contributed by atoms with Crippen LogP contribution in [0.15, 0.2) is 48.1 Å². The molecule has 1 saturated carbocycles. The molecule has 0 nitrogen and oxygen atoms in total. The van der Waals surface area contributed by atoms with E-state index in [1.54, 1.807) is 5.57 Å². The fraction of sp³-hybridized carbons (Fsp3) is 0.538. The Morgan fingerprint density at radius 1 is 1.12 bits per heavy atom. The molecular formula is C26H34. The summed E-state index contributed by atoms with van der Waals surface area (Å²) in [6.45, 7) is 8.07. The number of hydrogen-bond acceptors (Lipinski definition) is 0. The predicted molar refractivity (Wildman–Crippen MR) is 113 cm³/mol. The van der Waals surface area contributed by atoms with E-state index in [1.807, 2.05) is 6.92 Å². The van der Waals surface area contributed by atoms with Gasteiger partial charge in [-0.25, -0.2) is 0 Å². The van der Waals surface area contributed by atoms with E-state index in [-0.39, 0.29) is 5.92 Å². The Morgan fingerprint density at radius 3 is 2.42 bits per heavy atom. The van der Waals surface area contributed by atoms with Gasteiger partial charge in [-0.1, -0.05) is 60.2 Å². The van der Waals surface area contributed by atoms with Gasteiger partial charge in [0.15, 0.2) is 0 Å². The van der Waals surface area contributed by atoms with Crippen molar-refractivity contribution in [2.45, 2.75) is 84.0 Å². The first-order chi connectivity index (χ1) is 12.6. The van der Waals surface area contributed by atoms with E-state index in [2.05, 4.69) is 55.7 Å². The minimum atomic E-state index is 0.287. The Morgan fingerprint density at radius 2 is 1.85 bits per heavy atom. The smallest absolute Gasteiger partial charge is 0.0489 e. The van der Waals surface area contributed by atoms with E-state index in [0.717, 1.165) is 6.42 Å². The van der Waals surface area contributed by atoms with E-state index in [4.69, 9.17) is 0 Å². The van der Waals surface area contributed by atoms with E-state index >= 15 is 0 Å². The average Bonchev–Trinajstić information content (AvgIpc) is 3.09. The molecule has 0 bridgehead atoms. The third-order valence-electron chi connectivity index (χ3n) is 6.45. The number of allylic oxidation sites excluding steroid dienone is 3. The molecule has 1 fully saturated rings. The fourth-order valence-corrected chi connectivity index (χ4v) is 4.79. The maximum Gasteiger partial charge on any atom is 0.0489 e. The molecule has 138 valence electrons. The largest absolute Gasteiger partial charge is 0.106 e. The summed E-state index contributed by atoms with van der Waals surface area (Å²) in [5.74, 6) is 6.70. The van der Waals surface area contributed by atoms with Gasteiger partial charge in [0.05, 0.1) is 0 Å². The van der Waals surface area contributed by atoms with Gasteiger partial charge in [0, 0.05) is 5.92 Å². The lowest BCUT2D eigenvalue weighted by atomic mass is 9.73. The highest BCUT2D eigenvalue weighted by molar-refractivity contribution is 5.32. The summed E-state index contributed by atoms with van der Waals surface area (Å²) in [4.78, 5) is 0. The highest BCUT2D eigenvalue weighted by Crippen LogP contribution is 2.48. The summed E-state index contributed by atoms with van der Waals surface area (Å²) in [5, 5.41) is 0. The van der Waals surface area contributed by atoms with Crippen molar-refractivity contribution >= 4 is 0 Å². The van der Waals surface area contributed by atoms with Crippen LogP contribution >= 0.6 is 0 Å². The van der Waals surface area contributed by atoms with E-state index in [1.165, 1.54) is 74.5 Å². The second-order valence-corrected chi connectivity index (χ2v) is 8.62. The van der Waals surface area contributed by atoms with Crippen molar-refractivity contribution in [3.05, 3.63) is 59.2 Å². The van der Waals surface area contributed by atoms with Crippen molar-refractivity contribution < 1.29 is 0 Å². The van der Waals surface area contributed by atoms with Crippen LogP contribution in [0, 0.1) is 17.3 Å². The summed E-state index contributed by atoms with van der Waals surface area (Å²) in [5.41, 5.74) is 6.37. The van der Waals surface area contributed by atoms with Crippen LogP contribution in [0.3, 0.4) is 0 Å². The molecule has 1 aromatic carbocycles. The van der Waals surface area contributed by atoms with Crippen LogP contribution in [-0.2, 0) is 6.42 Å².